The fraction of sp³-hybridized carbons (Fsp3) is 0.200. The molecule has 1 amide bonds. The predicted molar refractivity (Wildman–Crippen MR) is 121 cm³/mol. The van der Waals surface area contributed by atoms with Crippen molar-refractivity contribution in [3.63, 3.8) is 0 Å². The summed E-state index contributed by atoms with van der Waals surface area (Å²) in [5.74, 6) is 0.0188. The standard InChI is InChI=1S/C25H22BrNO3/c26-15-18(28)14-24(17-8-2-1-3-9-17)27-25(29)30-16-23-21-12-6-4-10-19(21)20-11-5-7-13-22(20)23/h1-13,23-24H,14-16H2,(H,27,29)/t24-/m0/s1. The minimum Gasteiger partial charge on any atom is -0.449 e. The summed E-state index contributed by atoms with van der Waals surface area (Å²) < 4.78 is 5.63. The molecule has 0 aromatic heterocycles. The molecule has 0 fully saturated rings. The van der Waals surface area contributed by atoms with Gasteiger partial charge in [-0.1, -0.05) is 94.8 Å². The van der Waals surface area contributed by atoms with Crippen LogP contribution in [0.5, 0.6) is 0 Å². The van der Waals surface area contributed by atoms with Crippen LogP contribution in [0.15, 0.2) is 78.9 Å². The zero-order valence-corrected chi connectivity index (χ0v) is 18.0. The van der Waals surface area contributed by atoms with Crippen LogP contribution in [0.4, 0.5) is 4.79 Å². The Morgan fingerprint density at radius 3 is 2.03 bits per heavy atom. The number of alkyl carbamates (subject to hydrolysis) is 1. The van der Waals surface area contributed by atoms with Crippen molar-refractivity contribution in [2.24, 2.45) is 0 Å². The van der Waals surface area contributed by atoms with E-state index in [0.717, 1.165) is 5.56 Å². The molecule has 0 heterocycles. The number of ketones is 1. The molecule has 0 radical (unpaired) electrons. The van der Waals surface area contributed by atoms with E-state index in [9.17, 15) is 9.59 Å². The van der Waals surface area contributed by atoms with E-state index in [-0.39, 0.29) is 30.1 Å². The highest BCUT2D eigenvalue weighted by molar-refractivity contribution is 9.09. The van der Waals surface area contributed by atoms with Gasteiger partial charge in [-0.25, -0.2) is 4.79 Å². The van der Waals surface area contributed by atoms with Crippen molar-refractivity contribution in [2.75, 3.05) is 11.9 Å². The number of amides is 1. The van der Waals surface area contributed by atoms with Gasteiger partial charge in [0, 0.05) is 12.3 Å². The summed E-state index contributed by atoms with van der Waals surface area (Å²) in [6.07, 6.45) is -0.312. The molecule has 1 N–H and O–H groups in total. The Morgan fingerprint density at radius 2 is 1.43 bits per heavy atom. The molecule has 0 saturated carbocycles. The molecule has 0 aliphatic heterocycles. The van der Waals surface area contributed by atoms with Gasteiger partial charge in [-0.3, -0.25) is 4.79 Å². The minimum absolute atomic E-state index is 0.00231. The zero-order chi connectivity index (χ0) is 20.9. The first kappa shape index (κ1) is 20.4. The van der Waals surface area contributed by atoms with Gasteiger partial charge in [-0.2, -0.15) is 0 Å². The minimum atomic E-state index is -0.520. The molecule has 1 aliphatic carbocycles. The maximum Gasteiger partial charge on any atom is 0.407 e. The molecule has 0 saturated heterocycles. The van der Waals surface area contributed by atoms with Crippen LogP contribution in [-0.2, 0) is 9.53 Å². The van der Waals surface area contributed by atoms with Crippen LogP contribution in [0.1, 0.15) is 35.1 Å². The predicted octanol–water partition coefficient (Wildman–Crippen LogP) is 5.62. The van der Waals surface area contributed by atoms with E-state index in [2.05, 4.69) is 45.5 Å². The number of carbonyl (C=O) groups is 2. The van der Waals surface area contributed by atoms with Crippen LogP contribution >= 0.6 is 15.9 Å². The quantitative estimate of drug-likeness (QED) is 0.462. The molecular weight excluding hydrogens is 442 g/mol. The van der Waals surface area contributed by atoms with Gasteiger partial charge in [0.05, 0.1) is 11.4 Å². The highest BCUT2D eigenvalue weighted by atomic mass is 79.9. The number of hydrogen-bond acceptors (Lipinski definition) is 3. The monoisotopic (exact) mass is 463 g/mol. The number of ether oxygens (including phenoxy) is 1. The second-order valence-corrected chi connectivity index (χ2v) is 7.87. The molecule has 4 nitrogen and oxygen atoms in total. The summed E-state index contributed by atoms with van der Waals surface area (Å²) in [6.45, 7) is 0.244. The van der Waals surface area contributed by atoms with E-state index in [1.54, 1.807) is 0 Å². The fourth-order valence-corrected chi connectivity index (χ4v) is 4.23. The van der Waals surface area contributed by atoms with Gasteiger partial charge in [-0.15, -0.1) is 0 Å². The van der Waals surface area contributed by atoms with Gasteiger partial charge in [-0.05, 0) is 27.8 Å². The summed E-state index contributed by atoms with van der Waals surface area (Å²) >= 11 is 3.19. The Balaban J connectivity index is 1.47. The Kier molecular flexibility index (Phi) is 6.29. The molecule has 1 aliphatic rings. The van der Waals surface area contributed by atoms with Gasteiger partial charge in [0.2, 0.25) is 0 Å². The van der Waals surface area contributed by atoms with Crippen LogP contribution in [0.25, 0.3) is 11.1 Å². The molecular formula is C25H22BrNO3. The highest BCUT2D eigenvalue weighted by Crippen LogP contribution is 2.44. The molecule has 5 heteroatoms. The van der Waals surface area contributed by atoms with Gasteiger partial charge in [0.25, 0.3) is 0 Å². The molecule has 3 aromatic carbocycles. The lowest BCUT2D eigenvalue weighted by Gasteiger charge is -2.20. The van der Waals surface area contributed by atoms with Crippen molar-refractivity contribution in [1.29, 1.82) is 0 Å². The molecule has 4 rings (SSSR count). The van der Waals surface area contributed by atoms with Gasteiger partial charge < -0.3 is 10.1 Å². The first-order chi connectivity index (χ1) is 14.7. The first-order valence-electron chi connectivity index (χ1n) is 9.91. The average Bonchev–Trinajstić information content (AvgIpc) is 3.11. The van der Waals surface area contributed by atoms with Crippen molar-refractivity contribution in [2.45, 2.75) is 18.4 Å². The van der Waals surface area contributed by atoms with E-state index in [4.69, 9.17) is 4.74 Å². The van der Waals surface area contributed by atoms with Gasteiger partial charge in [0.15, 0.2) is 0 Å². The van der Waals surface area contributed by atoms with E-state index in [1.165, 1.54) is 22.3 Å². The number of carbonyl (C=O) groups excluding carboxylic acids is 2. The van der Waals surface area contributed by atoms with Crippen molar-refractivity contribution in [3.8, 4) is 11.1 Å². The average molecular weight is 464 g/mol. The summed E-state index contributed by atoms with van der Waals surface area (Å²) in [7, 11) is 0. The number of fused-ring (bicyclic) bond motifs is 3. The number of benzene rings is 3. The molecule has 3 aromatic rings. The Labute approximate surface area is 184 Å². The molecule has 0 unspecified atom stereocenters. The Morgan fingerprint density at radius 1 is 0.867 bits per heavy atom. The summed E-state index contributed by atoms with van der Waals surface area (Å²) in [4.78, 5) is 24.6. The Hall–Kier alpha value is -2.92. The van der Waals surface area contributed by atoms with E-state index >= 15 is 0 Å². The first-order valence-corrected chi connectivity index (χ1v) is 11.0. The lowest BCUT2D eigenvalue weighted by atomic mass is 9.98. The van der Waals surface area contributed by atoms with E-state index in [1.807, 2.05) is 54.6 Å². The molecule has 0 bridgehead atoms. The van der Waals surface area contributed by atoms with Crippen molar-refractivity contribution >= 4 is 27.8 Å². The summed E-state index contributed by atoms with van der Waals surface area (Å²) in [6, 6.07) is 25.5. The smallest absolute Gasteiger partial charge is 0.407 e. The third-order valence-electron chi connectivity index (χ3n) is 5.42. The zero-order valence-electron chi connectivity index (χ0n) is 16.4. The number of rotatable bonds is 7. The Bertz CT molecular complexity index is 1010. The van der Waals surface area contributed by atoms with Crippen molar-refractivity contribution < 1.29 is 14.3 Å². The van der Waals surface area contributed by atoms with Crippen molar-refractivity contribution in [3.05, 3.63) is 95.6 Å². The van der Waals surface area contributed by atoms with Crippen LogP contribution in [0, 0.1) is 0 Å². The topological polar surface area (TPSA) is 55.4 Å². The molecule has 30 heavy (non-hydrogen) atoms. The number of hydrogen-bond donors (Lipinski definition) is 1. The molecule has 1 atom stereocenters. The number of nitrogens with one attached hydrogen (secondary N) is 1. The van der Waals surface area contributed by atoms with E-state index in [0.29, 0.717) is 0 Å². The summed E-state index contributed by atoms with van der Waals surface area (Å²) in [5, 5.41) is 3.12. The van der Waals surface area contributed by atoms with Crippen molar-refractivity contribution in [1.82, 2.24) is 5.32 Å². The largest absolute Gasteiger partial charge is 0.449 e. The van der Waals surface area contributed by atoms with Crippen LogP contribution in [-0.4, -0.2) is 23.8 Å². The number of Topliss-reactive ketones (excluding diaryl/α,β-unsaturated/α-hetero) is 1. The van der Waals surface area contributed by atoms with Gasteiger partial charge in [0.1, 0.15) is 12.4 Å². The lowest BCUT2D eigenvalue weighted by molar-refractivity contribution is -0.117. The maximum atomic E-state index is 12.6. The second-order valence-electron chi connectivity index (χ2n) is 7.31. The second kappa shape index (κ2) is 9.26. The number of halogens is 1. The normalized spacial score (nSPS) is 13.2. The third kappa shape index (κ3) is 4.31. The SMILES string of the molecule is O=C(CBr)C[C@H](NC(=O)OCC1c2ccccc2-c2ccccc21)c1ccccc1. The maximum absolute atomic E-state index is 12.6. The van der Waals surface area contributed by atoms with E-state index < -0.39 is 12.1 Å². The third-order valence-corrected chi connectivity index (χ3v) is 6.04. The highest BCUT2D eigenvalue weighted by Gasteiger charge is 2.29. The van der Waals surface area contributed by atoms with Crippen LogP contribution < -0.4 is 5.32 Å². The fourth-order valence-electron chi connectivity index (χ4n) is 4.00. The molecule has 152 valence electrons. The molecule has 0 spiro atoms. The summed E-state index contributed by atoms with van der Waals surface area (Å²) in [5.41, 5.74) is 5.58. The van der Waals surface area contributed by atoms with Crippen LogP contribution in [0.2, 0.25) is 0 Å². The number of alkyl halides is 1. The van der Waals surface area contributed by atoms with Gasteiger partial charge >= 0.3 is 6.09 Å². The lowest BCUT2D eigenvalue weighted by Crippen LogP contribution is -2.31. The van der Waals surface area contributed by atoms with Crippen LogP contribution in [0.3, 0.4) is 0 Å².